The van der Waals surface area contributed by atoms with E-state index < -0.39 is 0 Å². The molecule has 6 heteroatoms. The van der Waals surface area contributed by atoms with Crippen molar-refractivity contribution >= 4 is 28.0 Å². The van der Waals surface area contributed by atoms with Crippen LogP contribution in [0.25, 0.3) is 11.4 Å². The third kappa shape index (κ3) is 4.22. The summed E-state index contributed by atoms with van der Waals surface area (Å²) in [7, 11) is 1.83. The molecule has 1 heterocycles. The number of rotatable bonds is 4. The molecule has 25 heavy (non-hydrogen) atoms. The largest absolute Gasteiger partial charge is 0.507 e. The number of nitrogens with zero attached hydrogens (tertiary/aromatic N) is 4. The Morgan fingerprint density at radius 1 is 1.08 bits per heavy atom. The fraction of sp³-hybridized carbons (Fsp3) is 0.105. The monoisotopic (exact) mass is 396 g/mol. The first kappa shape index (κ1) is 17.1. The van der Waals surface area contributed by atoms with Gasteiger partial charge in [-0.2, -0.15) is 5.10 Å². The summed E-state index contributed by atoms with van der Waals surface area (Å²) >= 11 is 3.41. The maximum atomic E-state index is 10.0. The van der Waals surface area contributed by atoms with Crippen LogP contribution in [-0.4, -0.2) is 28.3 Å². The molecule has 3 rings (SSSR count). The first-order valence-electron chi connectivity index (χ1n) is 7.70. The highest BCUT2D eigenvalue weighted by atomic mass is 79.9. The number of hydrogen-bond acceptors (Lipinski definition) is 5. The molecule has 0 bridgehead atoms. The second-order valence-corrected chi connectivity index (χ2v) is 6.44. The van der Waals surface area contributed by atoms with Gasteiger partial charge in [-0.25, -0.2) is 9.97 Å². The number of benzene rings is 2. The van der Waals surface area contributed by atoms with Crippen molar-refractivity contribution in [3.8, 4) is 17.1 Å². The third-order valence-corrected chi connectivity index (χ3v) is 4.10. The van der Waals surface area contributed by atoms with Gasteiger partial charge in [0.1, 0.15) is 5.75 Å². The van der Waals surface area contributed by atoms with Crippen LogP contribution in [0.2, 0.25) is 0 Å². The van der Waals surface area contributed by atoms with Crippen molar-refractivity contribution in [1.29, 1.82) is 0 Å². The minimum absolute atomic E-state index is 0.153. The summed E-state index contributed by atoms with van der Waals surface area (Å²) in [4.78, 5) is 8.94. The molecule has 5 nitrogen and oxygen atoms in total. The summed E-state index contributed by atoms with van der Waals surface area (Å²) in [5, 5.41) is 16.1. The van der Waals surface area contributed by atoms with E-state index in [0.29, 0.717) is 17.2 Å². The van der Waals surface area contributed by atoms with Crippen LogP contribution in [0.3, 0.4) is 0 Å². The minimum Gasteiger partial charge on any atom is -0.507 e. The summed E-state index contributed by atoms with van der Waals surface area (Å²) < 4.78 is 1.02. The molecule has 0 saturated carbocycles. The number of hydrogen-bond donors (Lipinski definition) is 1. The van der Waals surface area contributed by atoms with Crippen molar-refractivity contribution in [2.75, 3.05) is 12.1 Å². The van der Waals surface area contributed by atoms with E-state index in [9.17, 15) is 5.11 Å². The van der Waals surface area contributed by atoms with E-state index in [4.69, 9.17) is 0 Å². The first-order chi connectivity index (χ1) is 12.0. The molecule has 126 valence electrons. The molecule has 0 aliphatic heterocycles. The molecule has 0 saturated heterocycles. The Kier molecular flexibility index (Phi) is 5.09. The average Bonchev–Trinajstić information content (AvgIpc) is 2.61. The second-order valence-electron chi connectivity index (χ2n) is 5.53. The number of phenols is 1. The molecule has 0 unspecified atom stereocenters. The highest BCUT2D eigenvalue weighted by Gasteiger charge is 2.10. The highest BCUT2D eigenvalue weighted by Crippen LogP contribution is 2.27. The predicted molar refractivity (Wildman–Crippen MR) is 104 cm³/mol. The number of hydrazone groups is 1. The lowest BCUT2D eigenvalue weighted by atomic mass is 10.2. The van der Waals surface area contributed by atoms with Crippen molar-refractivity contribution in [1.82, 2.24) is 9.97 Å². The molecule has 0 fully saturated rings. The molecule has 0 aliphatic carbocycles. The van der Waals surface area contributed by atoms with Crippen molar-refractivity contribution in [3.63, 3.8) is 0 Å². The summed E-state index contributed by atoms with van der Waals surface area (Å²) in [5.41, 5.74) is 2.38. The van der Waals surface area contributed by atoms with Crippen LogP contribution in [-0.2, 0) is 0 Å². The van der Waals surface area contributed by atoms with Crippen LogP contribution in [0, 0.1) is 6.92 Å². The van der Waals surface area contributed by atoms with Gasteiger partial charge in [0.2, 0.25) is 0 Å². The second kappa shape index (κ2) is 7.44. The molecule has 0 atom stereocenters. The van der Waals surface area contributed by atoms with Gasteiger partial charge in [0.15, 0.2) is 11.6 Å². The number of aryl methyl sites for hydroxylation is 1. The Labute approximate surface area is 154 Å². The summed E-state index contributed by atoms with van der Waals surface area (Å²) in [6.45, 7) is 1.89. The normalized spacial score (nSPS) is 11.0. The number of aromatic nitrogens is 2. The SMILES string of the molecule is Cc1cc(N(C)N=Cc2ccc(Br)cc2)nc(-c2ccccc2O)n1. The van der Waals surface area contributed by atoms with Crippen LogP contribution in [0.1, 0.15) is 11.3 Å². The molecule has 1 aromatic heterocycles. The highest BCUT2D eigenvalue weighted by molar-refractivity contribution is 9.10. The Morgan fingerprint density at radius 2 is 1.80 bits per heavy atom. The summed E-state index contributed by atoms with van der Waals surface area (Å²) in [6, 6.07) is 16.7. The molecule has 0 aliphatic rings. The van der Waals surface area contributed by atoms with E-state index in [1.54, 1.807) is 29.4 Å². The van der Waals surface area contributed by atoms with Gasteiger partial charge in [-0.3, -0.25) is 5.01 Å². The summed E-state index contributed by atoms with van der Waals surface area (Å²) in [5.74, 6) is 1.28. The number of anilines is 1. The van der Waals surface area contributed by atoms with Crippen LogP contribution >= 0.6 is 15.9 Å². The maximum absolute atomic E-state index is 10.0. The number of halogens is 1. The zero-order valence-corrected chi connectivity index (χ0v) is 15.5. The molecule has 1 N–H and O–H groups in total. The molecule has 0 amide bonds. The van der Waals surface area contributed by atoms with E-state index in [0.717, 1.165) is 15.7 Å². The number of phenolic OH excluding ortho intramolecular Hbond substituents is 1. The zero-order valence-electron chi connectivity index (χ0n) is 13.9. The lowest BCUT2D eigenvalue weighted by molar-refractivity contribution is 0.477. The lowest BCUT2D eigenvalue weighted by Crippen LogP contribution is -2.12. The van der Waals surface area contributed by atoms with E-state index in [1.165, 1.54) is 0 Å². The molecular formula is C19H17BrN4O. The maximum Gasteiger partial charge on any atom is 0.165 e. The molecule has 0 spiro atoms. The van der Waals surface area contributed by atoms with Gasteiger partial charge in [-0.15, -0.1) is 0 Å². The lowest BCUT2D eigenvalue weighted by Gasteiger charge is -2.14. The van der Waals surface area contributed by atoms with E-state index >= 15 is 0 Å². The first-order valence-corrected chi connectivity index (χ1v) is 8.49. The molecule has 3 aromatic rings. The van der Waals surface area contributed by atoms with Crippen molar-refractivity contribution < 1.29 is 5.11 Å². The van der Waals surface area contributed by atoms with Crippen LogP contribution in [0.4, 0.5) is 5.82 Å². The number of para-hydroxylation sites is 1. The van der Waals surface area contributed by atoms with E-state index in [2.05, 4.69) is 31.0 Å². The number of aromatic hydroxyl groups is 1. The van der Waals surface area contributed by atoms with E-state index in [1.807, 2.05) is 50.4 Å². The topological polar surface area (TPSA) is 61.6 Å². The fourth-order valence-corrected chi connectivity index (χ4v) is 2.53. The third-order valence-electron chi connectivity index (χ3n) is 3.57. The smallest absolute Gasteiger partial charge is 0.165 e. The minimum atomic E-state index is 0.153. The average molecular weight is 397 g/mol. The van der Waals surface area contributed by atoms with Crippen molar-refractivity contribution in [2.24, 2.45) is 5.10 Å². The summed E-state index contributed by atoms with van der Waals surface area (Å²) in [6.07, 6.45) is 1.77. The van der Waals surface area contributed by atoms with Crippen LogP contribution < -0.4 is 5.01 Å². The Morgan fingerprint density at radius 3 is 2.52 bits per heavy atom. The van der Waals surface area contributed by atoms with Crippen molar-refractivity contribution in [3.05, 3.63) is 70.3 Å². The molecular weight excluding hydrogens is 380 g/mol. The predicted octanol–water partition coefficient (Wildman–Crippen LogP) is 4.39. The standard InChI is InChI=1S/C19H17BrN4O/c1-13-11-18(23-19(22-13)16-5-3-4-6-17(16)25)24(2)21-12-14-7-9-15(20)10-8-14/h3-12,25H,1-2H3. The van der Waals surface area contributed by atoms with Gasteiger partial charge < -0.3 is 5.11 Å². The zero-order chi connectivity index (χ0) is 17.8. The van der Waals surface area contributed by atoms with Gasteiger partial charge >= 0.3 is 0 Å². The fourth-order valence-electron chi connectivity index (χ4n) is 2.26. The van der Waals surface area contributed by atoms with Gasteiger partial charge in [0, 0.05) is 23.3 Å². The Balaban J connectivity index is 1.89. The van der Waals surface area contributed by atoms with Crippen LogP contribution in [0.5, 0.6) is 5.75 Å². The van der Waals surface area contributed by atoms with Gasteiger partial charge in [-0.1, -0.05) is 40.2 Å². The molecule has 0 radical (unpaired) electrons. The van der Waals surface area contributed by atoms with E-state index in [-0.39, 0.29) is 5.75 Å². The van der Waals surface area contributed by atoms with Gasteiger partial charge in [0.05, 0.1) is 11.8 Å². The van der Waals surface area contributed by atoms with Gasteiger partial charge in [-0.05, 0) is 36.8 Å². The Bertz CT molecular complexity index is 910. The molecule has 2 aromatic carbocycles. The quantitative estimate of drug-likeness (QED) is 0.524. The Hall–Kier alpha value is -2.73. The van der Waals surface area contributed by atoms with Crippen LogP contribution in [0.15, 0.2) is 64.2 Å². The van der Waals surface area contributed by atoms with Gasteiger partial charge in [0.25, 0.3) is 0 Å². The van der Waals surface area contributed by atoms with Crippen molar-refractivity contribution in [2.45, 2.75) is 6.92 Å².